The lowest BCUT2D eigenvalue weighted by Crippen LogP contribution is -2.17. The van der Waals surface area contributed by atoms with Gasteiger partial charge in [0, 0.05) is 18.7 Å². The second kappa shape index (κ2) is 5.32. The monoisotopic (exact) mass is 221 g/mol. The SMILES string of the molecule is Cc1ccc(CN)c(OC[C@H]2CCCO2)c1. The van der Waals surface area contributed by atoms with Crippen molar-refractivity contribution in [2.24, 2.45) is 5.73 Å². The molecule has 0 saturated carbocycles. The van der Waals surface area contributed by atoms with Crippen LogP contribution in [0.1, 0.15) is 24.0 Å². The molecule has 1 fully saturated rings. The zero-order valence-electron chi connectivity index (χ0n) is 9.74. The van der Waals surface area contributed by atoms with Crippen molar-refractivity contribution in [2.75, 3.05) is 13.2 Å². The predicted octanol–water partition coefficient (Wildman–Crippen LogP) is 2.01. The molecule has 0 radical (unpaired) electrons. The Bertz CT molecular complexity index is 346. The molecular weight excluding hydrogens is 202 g/mol. The Kier molecular flexibility index (Phi) is 3.80. The van der Waals surface area contributed by atoms with Crippen molar-refractivity contribution in [3.8, 4) is 5.75 Å². The highest BCUT2D eigenvalue weighted by molar-refractivity contribution is 5.37. The van der Waals surface area contributed by atoms with Crippen molar-refractivity contribution >= 4 is 0 Å². The molecule has 1 saturated heterocycles. The highest BCUT2D eigenvalue weighted by Crippen LogP contribution is 2.21. The minimum atomic E-state index is 0.256. The summed E-state index contributed by atoms with van der Waals surface area (Å²) in [6, 6.07) is 6.12. The number of hydrogen-bond acceptors (Lipinski definition) is 3. The van der Waals surface area contributed by atoms with Gasteiger partial charge in [-0.25, -0.2) is 0 Å². The summed E-state index contributed by atoms with van der Waals surface area (Å²) < 4.78 is 11.3. The van der Waals surface area contributed by atoms with Gasteiger partial charge >= 0.3 is 0 Å². The van der Waals surface area contributed by atoms with E-state index in [9.17, 15) is 0 Å². The summed E-state index contributed by atoms with van der Waals surface area (Å²) in [5, 5.41) is 0. The Balaban J connectivity index is 1.98. The van der Waals surface area contributed by atoms with Crippen LogP contribution < -0.4 is 10.5 Å². The van der Waals surface area contributed by atoms with Crippen LogP contribution in [-0.4, -0.2) is 19.3 Å². The number of ether oxygens (including phenoxy) is 2. The molecule has 0 amide bonds. The second-order valence-electron chi connectivity index (χ2n) is 4.26. The summed E-state index contributed by atoms with van der Waals surface area (Å²) in [7, 11) is 0. The van der Waals surface area contributed by atoms with E-state index in [2.05, 4.69) is 13.0 Å². The van der Waals surface area contributed by atoms with Gasteiger partial charge in [0.15, 0.2) is 0 Å². The van der Waals surface area contributed by atoms with Crippen LogP contribution in [0.15, 0.2) is 18.2 Å². The number of nitrogens with two attached hydrogens (primary N) is 1. The maximum absolute atomic E-state index is 5.79. The third-order valence-electron chi connectivity index (χ3n) is 2.89. The molecule has 2 rings (SSSR count). The Morgan fingerprint density at radius 2 is 2.38 bits per heavy atom. The first-order valence-electron chi connectivity index (χ1n) is 5.83. The van der Waals surface area contributed by atoms with E-state index >= 15 is 0 Å². The summed E-state index contributed by atoms with van der Waals surface area (Å²) in [6.45, 7) is 4.07. The van der Waals surface area contributed by atoms with Crippen molar-refractivity contribution in [3.63, 3.8) is 0 Å². The van der Waals surface area contributed by atoms with E-state index < -0.39 is 0 Å². The Hall–Kier alpha value is -1.06. The van der Waals surface area contributed by atoms with Crippen LogP contribution >= 0.6 is 0 Å². The molecular formula is C13H19NO2. The molecule has 1 aromatic carbocycles. The van der Waals surface area contributed by atoms with Gasteiger partial charge in [0.25, 0.3) is 0 Å². The fraction of sp³-hybridized carbons (Fsp3) is 0.538. The summed E-state index contributed by atoms with van der Waals surface area (Å²) >= 11 is 0. The van der Waals surface area contributed by atoms with Crippen molar-refractivity contribution in [1.82, 2.24) is 0 Å². The number of benzene rings is 1. The molecule has 88 valence electrons. The number of hydrogen-bond donors (Lipinski definition) is 1. The minimum absolute atomic E-state index is 0.256. The summed E-state index contributed by atoms with van der Waals surface area (Å²) in [4.78, 5) is 0. The van der Waals surface area contributed by atoms with Crippen LogP contribution in [-0.2, 0) is 11.3 Å². The second-order valence-corrected chi connectivity index (χ2v) is 4.26. The molecule has 16 heavy (non-hydrogen) atoms. The smallest absolute Gasteiger partial charge is 0.124 e. The highest BCUT2D eigenvalue weighted by atomic mass is 16.5. The van der Waals surface area contributed by atoms with Crippen molar-refractivity contribution in [3.05, 3.63) is 29.3 Å². The van der Waals surface area contributed by atoms with Crippen LogP contribution in [0.5, 0.6) is 5.75 Å². The van der Waals surface area contributed by atoms with Gasteiger partial charge < -0.3 is 15.2 Å². The molecule has 0 bridgehead atoms. The number of aryl methyl sites for hydroxylation is 1. The van der Waals surface area contributed by atoms with E-state index in [1.807, 2.05) is 12.1 Å². The van der Waals surface area contributed by atoms with Gasteiger partial charge in [-0.3, -0.25) is 0 Å². The van der Waals surface area contributed by atoms with Gasteiger partial charge in [0.1, 0.15) is 12.4 Å². The zero-order valence-corrected chi connectivity index (χ0v) is 9.74. The van der Waals surface area contributed by atoms with E-state index in [1.165, 1.54) is 5.56 Å². The van der Waals surface area contributed by atoms with Crippen molar-refractivity contribution in [1.29, 1.82) is 0 Å². The lowest BCUT2D eigenvalue weighted by atomic mass is 10.1. The van der Waals surface area contributed by atoms with Crippen LogP contribution in [0.2, 0.25) is 0 Å². The third kappa shape index (κ3) is 2.74. The largest absolute Gasteiger partial charge is 0.491 e. The van der Waals surface area contributed by atoms with Gasteiger partial charge in [-0.2, -0.15) is 0 Å². The quantitative estimate of drug-likeness (QED) is 0.846. The zero-order chi connectivity index (χ0) is 11.4. The molecule has 2 N–H and O–H groups in total. The first kappa shape index (κ1) is 11.4. The Morgan fingerprint density at radius 1 is 1.50 bits per heavy atom. The van der Waals surface area contributed by atoms with Crippen molar-refractivity contribution in [2.45, 2.75) is 32.4 Å². The number of rotatable bonds is 4. The summed E-state index contributed by atoms with van der Waals surface area (Å²) in [6.07, 6.45) is 2.50. The lowest BCUT2D eigenvalue weighted by molar-refractivity contribution is 0.0676. The van der Waals surface area contributed by atoms with E-state index in [0.29, 0.717) is 13.2 Å². The van der Waals surface area contributed by atoms with E-state index in [-0.39, 0.29) is 6.10 Å². The van der Waals surface area contributed by atoms with Crippen molar-refractivity contribution < 1.29 is 9.47 Å². The molecule has 1 aromatic rings. The molecule has 1 heterocycles. The Morgan fingerprint density at radius 3 is 3.06 bits per heavy atom. The van der Waals surface area contributed by atoms with E-state index in [0.717, 1.165) is 30.8 Å². The van der Waals surface area contributed by atoms with Crippen LogP contribution in [0.3, 0.4) is 0 Å². The maximum atomic E-state index is 5.79. The highest BCUT2D eigenvalue weighted by Gasteiger charge is 2.16. The van der Waals surface area contributed by atoms with Crippen LogP contribution in [0.25, 0.3) is 0 Å². The molecule has 1 aliphatic rings. The summed E-state index contributed by atoms with van der Waals surface area (Å²) in [5.41, 5.74) is 7.93. The van der Waals surface area contributed by atoms with Crippen LogP contribution in [0.4, 0.5) is 0 Å². The van der Waals surface area contributed by atoms with Gasteiger partial charge in [0.2, 0.25) is 0 Å². The summed E-state index contributed by atoms with van der Waals surface area (Å²) in [5.74, 6) is 0.901. The molecule has 3 nitrogen and oxygen atoms in total. The minimum Gasteiger partial charge on any atom is -0.491 e. The third-order valence-corrected chi connectivity index (χ3v) is 2.89. The van der Waals surface area contributed by atoms with Crippen LogP contribution in [0, 0.1) is 6.92 Å². The molecule has 0 aromatic heterocycles. The molecule has 1 aliphatic heterocycles. The van der Waals surface area contributed by atoms with E-state index in [1.54, 1.807) is 0 Å². The predicted molar refractivity (Wildman–Crippen MR) is 63.5 cm³/mol. The van der Waals surface area contributed by atoms with Gasteiger partial charge in [-0.1, -0.05) is 12.1 Å². The van der Waals surface area contributed by atoms with Gasteiger partial charge in [-0.05, 0) is 31.4 Å². The van der Waals surface area contributed by atoms with E-state index in [4.69, 9.17) is 15.2 Å². The van der Waals surface area contributed by atoms with Gasteiger partial charge in [-0.15, -0.1) is 0 Å². The first-order valence-corrected chi connectivity index (χ1v) is 5.83. The fourth-order valence-corrected chi connectivity index (χ4v) is 1.92. The molecule has 3 heteroatoms. The molecule has 1 atom stereocenters. The first-order chi connectivity index (χ1) is 7.79. The average Bonchev–Trinajstić information content (AvgIpc) is 2.79. The molecule has 0 spiro atoms. The van der Waals surface area contributed by atoms with Gasteiger partial charge in [0.05, 0.1) is 6.10 Å². The standard InChI is InChI=1S/C13H19NO2/c1-10-4-5-11(8-14)13(7-10)16-9-12-3-2-6-15-12/h4-5,7,12H,2-3,6,8-9,14H2,1H3/t12-/m1/s1. The topological polar surface area (TPSA) is 44.5 Å². The Labute approximate surface area is 96.5 Å². The fourth-order valence-electron chi connectivity index (χ4n) is 1.92. The molecule has 0 aliphatic carbocycles. The lowest BCUT2D eigenvalue weighted by Gasteiger charge is -2.14. The maximum Gasteiger partial charge on any atom is 0.124 e. The molecule has 0 unspecified atom stereocenters. The average molecular weight is 221 g/mol. The normalized spacial score (nSPS) is 20.0.